The minimum atomic E-state index is 0.923. The second-order valence-corrected chi connectivity index (χ2v) is 15.2. The number of hydrogen-bond acceptors (Lipinski definition) is 3. The van der Waals surface area contributed by atoms with Crippen LogP contribution in [0.2, 0.25) is 0 Å². The van der Waals surface area contributed by atoms with Crippen molar-refractivity contribution in [3.63, 3.8) is 0 Å². The van der Waals surface area contributed by atoms with Crippen molar-refractivity contribution in [2.45, 2.75) is 0 Å². The van der Waals surface area contributed by atoms with Crippen molar-refractivity contribution in [2.24, 2.45) is 0 Å². The highest BCUT2D eigenvalue weighted by atomic mass is 32.1. The highest BCUT2D eigenvalue weighted by Crippen LogP contribution is 2.42. The van der Waals surface area contributed by atoms with Crippen LogP contribution in [0.25, 0.3) is 86.3 Å². The molecule has 0 atom stereocenters. The van der Waals surface area contributed by atoms with Crippen LogP contribution in [-0.2, 0) is 0 Å². The summed E-state index contributed by atoms with van der Waals surface area (Å²) in [7, 11) is 0. The molecule has 55 heavy (non-hydrogen) atoms. The molecule has 0 radical (unpaired) electrons. The summed E-state index contributed by atoms with van der Waals surface area (Å²) in [6.45, 7) is 0. The van der Waals surface area contributed by atoms with Crippen molar-refractivity contribution in [1.82, 2.24) is 0 Å². The molecule has 2 aromatic heterocycles. The molecule has 0 aliphatic rings. The van der Waals surface area contributed by atoms with E-state index in [9.17, 15) is 0 Å². The average Bonchev–Trinajstić information content (AvgIpc) is 3.84. The first-order chi connectivity index (χ1) is 27.2. The van der Waals surface area contributed by atoms with Gasteiger partial charge in [-0.1, -0.05) is 127 Å². The molecular formula is C52H33NOS. The quantitative estimate of drug-likeness (QED) is 0.170. The molecule has 0 aliphatic heterocycles. The van der Waals surface area contributed by atoms with E-state index in [0.717, 1.165) is 44.4 Å². The smallest absolute Gasteiger partial charge is 0.143 e. The molecule has 11 rings (SSSR count). The zero-order chi connectivity index (χ0) is 36.3. The Hall–Kier alpha value is -6.94. The molecule has 0 saturated carbocycles. The number of anilines is 3. The van der Waals surface area contributed by atoms with Gasteiger partial charge in [-0.25, -0.2) is 0 Å². The predicted octanol–water partition coefficient (Wildman–Crippen LogP) is 15.6. The molecule has 0 aliphatic carbocycles. The number of furan rings is 1. The molecule has 0 spiro atoms. The Morgan fingerprint density at radius 2 is 0.927 bits per heavy atom. The lowest BCUT2D eigenvalue weighted by molar-refractivity contribution is 0.672. The maximum Gasteiger partial charge on any atom is 0.143 e. The standard InChI is InChI=1S/C52H33NOS/c1-2-9-34(10-3-1)35-17-25-40(26-18-35)53(42-29-21-37(22-30-42)43-13-8-16-50-51(43)47-12-5-7-15-49(47)55-50)41-27-19-36(20-28-41)38-23-31-44-39(33-38)24-32-46-45-11-4-6-14-48(45)54-52(44)46/h1-33H. The Kier molecular flexibility index (Phi) is 7.39. The zero-order valence-electron chi connectivity index (χ0n) is 29.8. The van der Waals surface area contributed by atoms with Gasteiger partial charge in [0.15, 0.2) is 0 Å². The normalized spacial score (nSPS) is 11.6. The van der Waals surface area contributed by atoms with Crippen molar-refractivity contribution >= 4 is 81.3 Å². The predicted molar refractivity (Wildman–Crippen MR) is 235 cm³/mol. The van der Waals surface area contributed by atoms with E-state index < -0.39 is 0 Å². The largest absolute Gasteiger partial charge is 0.455 e. The molecule has 0 unspecified atom stereocenters. The summed E-state index contributed by atoms with van der Waals surface area (Å²) >= 11 is 1.86. The van der Waals surface area contributed by atoms with Crippen LogP contribution in [-0.4, -0.2) is 0 Å². The van der Waals surface area contributed by atoms with Crippen LogP contribution in [0.4, 0.5) is 17.1 Å². The first kappa shape index (κ1) is 31.6. The molecule has 3 heteroatoms. The van der Waals surface area contributed by atoms with E-state index in [2.05, 4.69) is 193 Å². The van der Waals surface area contributed by atoms with Crippen LogP contribution in [0, 0.1) is 0 Å². The van der Waals surface area contributed by atoms with Crippen molar-refractivity contribution < 1.29 is 4.42 Å². The van der Waals surface area contributed by atoms with Gasteiger partial charge in [0.25, 0.3) is 0 Å². The van der Waals surface area contributed by atoms with E-state index >= 15 is 0 Å². The Bertz CT molecular complexity index is 3170. The van der Waals surface area contributed by atoms with Gasteiger partial charge < -0.3 is 9.32 Å². The topological polar surface area (TPSA) is 16.4 Å². The molecule has 9 aromatic carbocycles. The van der Waals surface area contributed by atoms with Gasteiger partial charge in [0.2, 0.25) is 0 Å². The van der Waals surface area contributed by atoms with Gasteiger partial charge in [0.05, 0.1) is 0 Å². The van der Waals surface area contributed by atoms with Gasteiger partial charge in [-0.2, -0.15) is 0 Å². The summed E-state index contributed by atoms with van der Waals surface area (Å²) in [4.78, 5) is 2.35. The Morgan fingerprint density at radius 3 is 1.67 bits per heavy atom. The summed E-state index contributed by atoms with van der Waals surface area (Å²) < 4.78 is 8.97. The Labute approximate surface area is 322 Å². The van der Waals surface area contributed by atoms with Crippen LogP contribution < -0.4 is 4.90 Å². The zero-order valence-corrected chi connectivity index (χ0v) is 30.6. The fourth-order valence-corrected chi connectivity index (χ4v) is 9.31. The average molecular weight is 720 g/mol. The van der Waals surface area contributed by atoms with Gasteiger partial charge in [-0.15, -0.1) is 11.3 Å². The summed E-state index contributed by atoms with van der Waals surface area (Å²) in [5, 5.41) is 7.25. The van der Waals surface area contributed by atoms with Gasteiger partial charge in [0.1, 0.15) is 11.2 Å². The van der Waals surface area contributed by atoms with Crippen molar-refractivity contribution in [2.75, 3.05) is 4.90 Å². The Balaban J connectivity index is 0.974. The van der Waals surface area contributed by atoms with E-state index in [-0.39, 0.29) is 0 Å². The van der Waals surface area contributed by atoms with E-state index in [0.29, 0.717) is 0 Å². The molecule has 2 nitrogen and oxygen atoms in total. The second kappa shape index (κ2) is 12.9. The molecule has 0 fully saturated rings. The van der Waals surface area contributed by atoms with Gasteiger partial charge in [-0.3, -0.25) is 0 Å². The SMILES string of the molecule is c1ccc(-c2ccc(N(c3ccc(-c4ccc5c(ccc6c7ccccc7oc56)c4)cc3)c3ccc(-c4cccc5sc6ccccc6c45)cc3)cc2)cc1. The number of benzene rings is 9. The molecular weight excluding hydrogens is 687 g/mol. The second-order valence-electron chi connectivity index (χ2n) is 14.1. The molecule has 0 bridgehead atoms. The van der Waals surface area contributed by atoms with Crippen molar-refractivity contribution in [3.8, 4) is 33.4 Å². The maximum atomic E-state index is 6.33. The monoisotopic (exact) mass is 719 g/mol. The van der Waals surface area contributed by atoms with Crippen molar-refractivity contribution in [3.05, 3.63) is 200 Å². The number of nitrogens with zero attached hydrogens (tertiary/aromatic N) is 1. The lowest BCUT2D eigenvalue weighted by atomic mass is 9.98. The van der Waals surface area contributed by atoms with E-state index in [1.54, 1.807) is 0 Å². The molecule has 258 valence electrons. The van der Waals surface area contributed by atoms with Crippen LogP contribution in [0.5, 0.6) is 0 Å². The van der Waals surface area contributed by atoms with Crippen molar-refractivity contribution in [1.29, 1.82) is 0 Å². The minimum absolute atomic E-state index is 0.923. The Morgan fingerprint density at radius 1 is 0.364 bits per heavy atom. The third kappa shape index (κ3) is 5.40. The molecule has 11 aromatic rings. The first-order valence-corrected chi connectivity index (χ1v) is 19.5. The van der Waals surface area contributed by atoms with E-state index in [1.165, 1.54) is 58.9 Å². The highest BCUT2D eigenvalue weighted by molar-refractivity contribution is 7.25. The number of fused-ring (bicyclic) bond motifs is 8. The summed E-state index contributed by atoms with van der Waals surface area (Å²) in [6.07, 6.45) is 0. The fraction of sp³-hybridized carbons (Fsp3) is 0. The van der Waals surface area contributed by atoms with E-state index in [4.69, 9.17) is 4.42 Å². The maximum absolute atomic E-state index is 6.33. The molecule has 0 N–H and O–H groups in total. The third-order valence-corrected chi connectivity index (χ3v) is 12.0. The lowest BCUT2D eigenvalue weighted by Gasteiger charge is -2.26. The van der Waals surface area contributed by atoms with Gasteiger partial charge >= 0.3 is 0 Å². The highest BCUT2D eigenvalue weighted by Gasteiger charge is 2.16. The number of para-hydroxylation sites is 1. The summed E-state index contributed by atoms with van der Waals surface area (Å²) in [6, 6.07) is 72.2. The summed E-state index contributed by atoms with van der Waals surface area (Å²) in [5.74, 6) is 0. The summed E-state index contributed by atoms with van der Waals surface area (Å²) in [5.41, 5.74) is 12.4. The molecule has 0 saturated heterocycles. The third-order valence-electron chi connectivity index (χ3n) is 10.9. The van der Waals surface area contributed by atoms with Gasteiger partial charge in [-0.05, 0) is 112 Å². The van der Waals surface area contributed by atoms with Gasteiger partial charge in [0, 0.05) is 53.4 Å². The van der Waals surface area contributed by atoms with Crippen LogP contribution in [0.3, 0.4) is 0 Å². The van der Waals surface area contributed by atoms with Crippen LogP contribution in [0.15, 0.2) is 205 Å². The molecule has 2 heterocycles. The lowest BCUT2D eigenvalue weighted by Crippen LogP contribution is -2.09. The van der Waals surface area contributed by atoms with Crippen LogP contribution in [0.1, 0.15) is 0 Å². The fourth-order valence-electron chi connectivity index (χ4n) is 8.18. The van der Waals surface area contributed by atoms with Crippen LogP contribution >= 0.6 is 11.3 Å². The molecule has 0 amide bonds. The number of hydrogen-bond donors (Lipinski definition) is 0. The first-order valence-electron chi connectivity index (χ1n) is 18.7. The van der Waals surface area contributed by atoms with E-state index in [1.807, 2.05) is 23.5 Å². The number of rotatable bonds is 6. The minimum Gasteiger partial charge on any atom is -0.455 e. The number of thiophene rings is 1.